The first kappa shape index (κ1) is 20.8. The van der Waals surface area contributed by atoms with E-state index < -0.39 is 15.8 Å². The topological polar surface area (TPSA) is 76.0 Å². The first-order chi connectivity index (χ1) is 12.0. The predicted molar refractivity (Wildman–Crippen MR) is 101 cm³/mol. The van der Waals surface area contributed by atoms with Gasteiger partial charge in [-0.15, -0.1) is 12.4 Å². The molecule has 26 heavy (non-hydrogen) atoms. The Balaban J connectivity index is 0.00000243. The minimum absolute atomic E-state index is 0. The van der Waals surface area contributed by atoms with Gasteiger partial charge in [0, 0.05) is 12.7 Å². The Morgan fingerprint density at radius 2 is 2.23 bits per heavy atom. The molecule has 1 saturated heterocycles. The third kappa shape index (κ3) is 5.03. The Kier molecular flexibility index (Phi) is 7.16. The van der Waals surface area contributed by atoms with E-state index in [1.54, 1.807) is 12.4 Å². The molecule has 1 aliphatic heterocycles. The lowest BCUT2D eigenvalue weighted by Gasteiger charge is -2.22. The van der Waals surface area contributed by atoms with Crippen LogP contribution in [-0.4, -0.2) is 37.8 Å². The van der Waals surface area contributed by atoms with Crippen LogP contribution >= 0.6 is 12.4 Å². The fourth-order valence-electron chi connectivity index (χ4n) is 3.04. The molecule has 6 nitrogen and oxygen atoms in total. The van der Waals surface area contributed by atoms with Gasteiger partial charge in [0.15, 0.2) is 0 Å². The maximum Gasteiger partial charge on any atom is 0.240 e. The van der Waals surface area contributed by atoms with E-state index in [1.165, 1.54) is 16.8 Å². The second-order valence-electron chi connectivity index (χ2n) is 6.47. The average Bonchev–Trinajstić information content (AvgIpc) is 3.02. The molecule has 1 aromatic heterocycles. The number of benzene rings is 1. The van der Waals surface area contributed by atoms with Crippen molar-refractivity contribution in [3.63, 3.8) is 0 Å². The van der Waals surface area contributed by atoms with Gasteiger partial charge in [0.25, 0.3) is 0 Å². The molecule has 144 valence electrons. The summed E-state index contributed by atoms with van der Waals surface area (Å²) in [5.41, 5.74) is 1.12. The van der Waals surface area contributed by atoms with Gasteiger partial charge in [0.1, 0.15) is 11.5 Å². The van der Waals surface area contributed by atoms with E-state index in [2.05, 4.69) is 15.1 Å². The molecule has 0 amide bonds. The lowest BCUT2D eigenvalue weighted by atomic mass is 9.96. The van der Waals surface area contributed by atoms with Crippen LogP contribution in [0.3, 0.4) is 0 Å². The summed E-state index contributed by atoms with van der Waals surface area (Å²) < 4.78 is 43.0. The van der Waals surface area contributed by atoms with Crippen molar-refractivity contribution >= 4 is 22.4 Å². The van der Waals surface area contributed by atoms with E-state index in [0.717, 1.165) is 44.0 Å². The van der Waals surface area contributed by atoms with E-state index in [9.17, 15) is 12.8 Å². The number of sulfonamides is 1. The van der Waals surface area contributed by atoms with E-state index in [0.29, 0.717) is 12.5 Å². The minimum atomic E-state index is -3.72. The van der Waals surface area contributed by atoms with Gasteiger partial charge in [0.2, 0.25) is 10.0 Å². The maximum absolute atomic E-state index is 14.3. The smallest absolute Gasteiger partial charge is 0.240 e. The van der Waals surface area contributed by atoms with Gasteiger partial charge < -0.3 is 5.32 Å². The largest absolute Gasteiger partial charge is 0.316 e. The molecule has 9 heteroatoms. The highest BCUT2D eigenvalue weighted by Gasteiger charge is 2.18. The number of hydrogen-bond donors (Lipinski definition) is 2. The molecule has 2 N–H and O–H groups in total. The first-order valence-corrected chi connectivity index (χ1v) is 9.95. The molecule has 0 spiro atoms. The zero-order valence-corrected chi connectivity index (χ0v) is 16.2. The number of piperidine rings is 1. The highest BCUT2D eigenvalue weighted by atomic mass is 35.5. The van der Waals surface area contributed by atoms with Crippen molar-refractivity contribution in [3.05, 3.63) is 42.0 Å². The summed E-state index contributed by atoms with van der Waals surface area (Å²) in [6.45, 7) is 4.17. The van der Waals surface area contributed by atoms with E-state index in [4.69, 9.17) is 0 Å². The van der Waals surface area contributed by atoms with Gasteiger partial charge in [-0.3, -0.25) is 0 Å². The van der Waals surface area contributed by atoms with Crippen LogP contribution in [0.2, 0.25) is 0 Å². The molecule has 1 aliphatic rings. The molecule has 1 aromatic carbocycles. The van der Waals surface area contributed by atoms with Crippen molar-refractivity contribution in [2.45, 2.75) is 31.1 Å². The number of nitrogens with zero attached hydrogens (tertiary/aromatic N) is 2. The van der Waals surface area contributed by atoms with Crippen molar-refractivity contribution in [2.24, 2.45) is 5.92 Å². The quantitative estimate of drug-likeness (QED) is 0.778. The fraction of sp³-hybridized carbons (Fsp3) is 0.471. The maximum atomic E-state index is 14.3. The lowest BCUT2D eigenvalue weighted by molar-refractivity contribution is 0.358. The van der Waals surface area contributed by atoms with Crippen LogP contribution < -0.4 is 10.0 Å². The summed E-state index contributed by atoms with van der Waals surface area (Å²) >= 11 is 0. The molecule has 0 saturated carbocycles. The van der Waals surface area contributed by atoms with Crippen LogP contribution in [0.4, 0.5) is 4.39 Å². The van der Waals surface area contributed by atoms with Crippen molar-refractivity contribution in [3.8, 4) is 5.69 Å². The Labute approximate surface area is 159 Å². The highest BCUT2D eigenvalue weighted by Crippen LogP contribution is 2.19. The van der Waals surface area contributed by atoms with Crippen LogP contribution in [-0.2, 0) is 10.0 Å². The van der Waals surface area contributed by atoms with Crippen molar-refractivity contribution in [1.82, 2.24) is 19.8 Å². The number of aromatic nitrogens is 2. The molecule has 3 rings (SSSR count). The standard InChI is InChI=1S/C17H23FN4O2S.ClH/c1-13-10-20-22(12-13)17-5-4-15(9-16(17)18)25(23,24)21-8-6-14-3-2-7-19-11-14;/h4-5,9-10,12,14,19,21H,2-3,6-8,11H2,1H3;1H. The fourth-order valence-corrected chi connectivity index (χ4v) is 4.10. The van der Waals surface area contributed by atoms with Crippen molar-refractivity contribution in [1.29, 1.82) is 0 Å². The second-order valence-corrected chi connectivity index (χ2v) is 8.24. The Hall–Kier alpha value is -1.48. The van der Waals surface area contributed by atoms with Gasteiger partial charge in [-0.2, -0.15) is 5.10 Å². The molecule has 0 bridgehead atoms. The van der Waals surface area contributed by atoms with Crippen LogP contribution in [0.15, 0.2) is 35.5 Å². The van der Waals surface area contributed by atoms with Gasteiger partial charge in [-0.25, -0.2) is 22.2 Å². The zero-order valence-electron chi connectivity index (χ0n) is 14.6. The summed E-state index contributed by atoms with van der Waals surface area (Å²) in [7, 11) is -3.72. The first-order valence-electron chi connectivity index (χ1n) is 8.47. The van der Waals surface area contributed by atoms with Crippen LogP contribution in [0, 0.1) is 18.7 Å². The van der Waals surface area contributed by atoms with E-state index in [-0.39, 0.29) is 23.0 Å². The van der Waals surface area contributed by atoms with Crippen molar-refractivity contribution in [2.75, 3.05) is 19.6 Å². The number of hydrogen-bond acceptors (Lipinski definition) is 4. The van der Waals surface area contributed by atoms with E-state index >= 15 is 0 Å². The molecule has 1 atom stereocenters. The highest BCUT2D eigenvalue weighted by molar-refractivity contribution is 7.89. The molecular formula is C17H24ClFN4O2S. The molecule has 1 fully saturated rings. The SMILES string of the molecule is Cc1cnn(-c2ccc(S(=O)(=O)NCCC3CCCNC3)cc2F)c1.Cl. The van der Waals surface area contributed by atoms with Crippen LogP contribution in [0.25, 0.3) is 5.69 Å². The molecule has 1 unspecified atom stereocenters. The third-order valence-electron chi connectivity index (χ3n) is 4.43. The summed E-state index contributed by atoms with van der Waals surface area (Å²) in [5, 5.41) is 7.36. The monoisotopic (exact) mass is 402 g/mol. The van der Waals surface area contributed by atoms with Gasteiger partial charge in [0.05, 0.1) is 11.1 Å². The third-order valence-corrected chi connectivity index (χ3v) is 5.89. The summed E-state index contributed by atoms with van der Waals surface area (Å²) in [5.74, 6) is -0.138. The normalized spacial score (nSPS) is 17.7. The van der Waals surface area contributed by atoms with Gasteiger partial charge in [-0.1, -0.05) is 0 Å². The van der Waals surface area contributed by atoms with Crippen LogP contribution in [0.1, 0.15) is 24.8 Å². The molecule has 0 aliphatic carbocycles. The van der Waals surface area contributed by atoms with Crippen LogP contribution in [0.5, 0.6) is 0 Å². The second kappa shape index (κ2) is 8.94. The van der Waals surface area contributed by atoms with Gasteiger partial charge >= 0.3 is 0 Å². The Morgan fingerprint density at radius 1 is 1.42 bits per heavy atom. The van der Waals surface area contributed by atoms with Gasteiger partial charge in [-0.05, 0) is 69.0 Å². The Bertz CT molecular complexity index is 835. The summed E-state index contributed by atoms with van der Waals surface area (Å²) in [6.07, 6.45) is 6.31. The van der Waals surface area contributed by atoms with E-state index in [1.807, 2.05) is 6.92 Å². The molecule has 2 aromatic rings. The number of aryl methyl sites for hydroxylation is 1. The average molecular weight is 403 g/mol. The summed E-state index contributed by atoms with van der Waals surface area (Å²) in [4.78, 5) is -0.0700. The lowest BCUT2D eigenvalue weighted by Crippen LogP contribution is -2.33. The number of nitrogens with one attached hydrogen (secondary N) is 2. The minimum Gasteiger partial charge on any atom is -0.316 e. The summed E-state index contributed by atoms with van der Waals surface area (Å²) in [6, 6.07) is 3.87. The zero-order chi connectivity index (χ0) is 17.9. The number of rotatable bonds is 6. The molecular weight excluding hydrogens is 379 g/mol. The molecule has 2 heterocycles. The molecule has 0 radical (unpaired) electrons. The van der Waals surface area contributed by atoms with Crippen molar-refractivity contribution < 1.29 is 12.8 Å². The number of halogens is 2. The predicted octanol–water partition coefficient (Wildman–Crippen LogP) is 2.41. The Morgan fingerprint density at radius 3 is 2.85 bits per heavy atom.